The standard InChI is InChI=1S/C26H26N4O4/c1-17(32)25-27-12-13-30(25)23(16-31)11-4-18-2-5-19(6-3-18)20-7-9-22(10-8-20)29-26(34)21-14-24(33)28-15-21/h2-3,5-10,12-13,17,21,23,31-32H,14-16H2,1H3,(H,28,33)(H,29,34)/t17-,21-,23-/m0/s1. The minimum atomic E-state index is -0.756. The second kappa shape index (κ2) is 10.3. The third-order valence-corrected chi connectivity index (χ3v) is 5.68. The zero-order valence-corrected chi connectivity index (χ0v) is 18.7. The molecule has 1 aliphatic heterocycles. The van der Waals surface area contributed by atoms with Crippen LogP contribution in [-0.4, -0.2) is 44.7 Å². The molecule has 4 rings (SSSR count). The Morgan fingerprint density at radius 2 is 1.88 bits per heavy atom. The van der Waals surface area contributed by atoms with Gasteiger partial charge in [0.15, 0.2) is 0 Å². The van der Waals surface area contributed by atoms with Gasteiger partial charge in [0.25, 0.3) is 0 Å². The van der Waals surface area contributed by atoms with E-state index in [0.29, 0.717) is 18.1 Å². The van der Waals surface area contributed by atoms with Crippen molar-refractivity contribution in [1.29, 1.82) is 0 Å². The molecule has 0 radical (unpaired) electrons. The first kappa shape index (κ1) is 23.2. The number of rotatable bonds is 6. The minimum Gasteiger partial charge on any atom is -0.393 e. The summed E-state index contributed by atoms with van der Waals surface area (Å²) in [6, 6.07) is 14.7. The van der Waals surface area contributed by atoms with Crippen molar-refractivity contribution in [3.05, 3.63) is 72.3 Å². The van der Waals surface area contributed by atoms with Crippen molar-refractivity contribution in [3.63, 3.8) is 0 Å². The lowest BCUT2D eigenvalue weighted by atomic mass is 10.0. The van der Waals surface area contributed by atoms with E-state index < -0.39 is 12.1 Å². The van der Waals surface area contributed by atoms with Gasteiger partial charge in [-0.2, -0.15) is 0 Å². The zero-order valence-electron chi connectivity index (χ0n) is 18.7. The molecule has 0 bridgehead atoms. The molecule has 0 aliphatic carbocycles. The number of hydrogen-bond acceptors (Lipinski definition) is 5. The van der Waals surface area contributed by atoms with Gasteiger partial charge in [-0.15, -0.1) is 0 Å². The van der Waals surface area contributed by atoms with E-state index >= 15 is 0 Å². The summed E-state index contributed by atoms with van der Waals surface area (Å²) in [7, 11) is 0. The van der Waals surface area contributed by atoms with Crippen molar-refractivity contribution in [2.75, 3.05) is 18.5 Å². The van der Waals surface area contributed by atoms with Crippen LogP contribution in [0.1, 0.15) is 36.9 Å². The lowest BCUT2D eigenvalue weighted by molar-refractivity contribution is -0.123. The number of hydrogen-bond donors (Lipinski definition) is 4. The molecule has 4 N–H and O–H groups in total. The van der Waals surface area contributed by atoms with Crippen molar-refractivity contribution in [3.8, 4) is 23.0 Å². The lowest BCUT2D eigenvalue weighted by Crippen LogP contribution is -2.24. The summed E-state index contributed by atoms with van der Waals surface area (Å²) in [6.07, 6.45) is 2.73. The van der Waals surface area contributed by atoms with Crippen molar-refractivity contribution in [2.24, 2.45) is 5.92 Å². The number of benzene rings is 2. The van der Waals surface area contributed by atoms with Gasteiger partial charge < -0.3 is 25.4 Å². The maximum atomic E-state index is 12.3. The number of aliphatic hydroxyl groups is 2. The average Bonchev–Trinajstić information content (AvgIpc) is 3.50. The number of carbonyl (C=O) groups excluding carboxylic acids is 2. The highest BCUT2D eigenvalue weighted by atomic mass is 16.3. The van der Waals surface area contributed by atoms with E-state index in [0.717, 1.165) is 16.7 Å². The van der Waals surface area contributed by atoms with Crippen molar-refractivity contribution in [1.82, 2.24) is 14.9 Å². The van der Waals surface area contributed by atoms with Crippen LogP contribution in [0, 0.1) is 17.8 Å². The topological polar surface area (TPSA) is 116 Å². The molecule has 8 heteroatoms. The SMILES string of the molecule is C[C@H](O)c1nccn1[C@@H](C#Cc1ccc(-c2ccc(NC(=O)[C@@H]3CNC(=O)C3)cc2)cc1)CO. The van der Waals surface area contributed by atoms with E-state index in [1.54, 1.807) is 23.9 Å². The molecule has 0 saturated carbocycles. The second-order valence-electron chi connectivity index (χ2n) is 8.19. The highest BCUT2D eigenvalue weighted by Gasteiger charge is 2.27. The fourth-order valence-electron chi connectivity index (χ4n) is 3.81. The first-order valence-corrected chi connectivity index (χ1v) is 11.1. The maximum Gasteiger partial charge on any atom is 0.229 e. The van der Waals surface area contributed by atoms with Gasteiger partial charge in [-0.3, -0.25) is 9.59 Å². The fraction of sp³-hybridized carbons (Fsp3) is 0.269. The molecule has 3 aromatic rings. The third kappa shape index (κ3) is 5.34. The number of carbonyl (C=O) groups is 2. The number of imidazole rings is 1. The van der Waals surface area contributed by atoms with Crippen LogP contribution in [-0.2, 0) is 9.59 Å². The number of anilines is 1. The fourth-order valence-corrected chi connectivity index (χ4v) is 3.81. The van der Waals surface area contributed by atoms with Gasteiger partial charge in [-0.1, -0.05) is 36.1 Å². The Hall–Kier alpha value is -3.93. The van der Waals surface area contributed by atoms with Crippen LogP contribution in [0.2, 0.25) is 0 Å². The quantitative estimate of drug-likeness (QED) is 0.423. The minimum absolute atomic E-state index is 0.0956. The van der Waals surface area contributed by atoms with Gasteiger partial charge >= 0.3 is 0 Å². The van der Waals surface area contributed by atoms with E-state index in [-0.39, 0.29) is 30.8 Å². The van der Waals surface area contributed by atoms with Gasteiger partial charge in [0, 0.05) is 36.6 Å². The summed E-state index contributed by atoms with van der Waals surface area (Å²) in [5.74, 6) is 5.98. The van der Waals surface area contributed by atoms with Crippen molar-refractivity contribution >= 4 is 17.5 Å². The number of nitrogens with zero attached hydrogens (tertiary/aromatic N) is 2. The molecule has 0 unspecified atom stereocenters. The highest BCUT2D eigenvalue weighted by Crippen LogP contribution is 2.23. The van der Waals surface area contributed by atoms with E-state index in [1.807, 2.05) is 48.5 Å². The summed E-state index contributed by atoms with van der Waals surface area (Å²) >= 11 is 0. The second-order valence-corrected chi connectivity index (χ2v) is 8.19. The molecule has 34 heavy (non-hydrogen) atoms. The smallest absolute Gasteiger partial charge is 0.229 e. The predicted molar refractivity (Wildman–Crippen MR) is 127 cm³/mol. The first-order valence-electron chi connectivity index (χ1n) is 11.1. The van der Waals surface area contributed by atoms with Crippen LogP contribution in [0.25, 0.3) is 11.1 Å². The molecule has 174 valence electrons. The summed E-state index contributed by atoms with van der Waals surface area (Å²) < 4.78 is 1.67. The van der Waals surface area contributed by atoms with E-state index in [9.17, 15) is 19.8 Å². The predicted octanol–water partition coefficient (Wildman–Crippen LogP) is 2.26. The lowest BCUT2D eigenvalue weighted by Gasteiger charge is -2.14. The number of aromatic nitrogens is 2. The number of amides is 2. The average molecular weight is 459 g/mol. The van der Waals surface area contributed by atoms with Gasteiger partial charge in [-0.05, 0) is 42.3 Å². The zero-order chi connectivity index (χ0) is 24.1. The van der Waals surface area contributed by atoms with Gasteiger partial charge in [0.2, 0.25) is 11.8 Å². The summed E-state index contributed by atoms with van der Waals surface area (Å²) in [5, 5.41) is 25.1. The maximum absolute atomic E-state index is 12.3. The van der Waals surface area contributed by atoms with Gasteiger partial charge in [0.1, 0.15) is 18.0 Å². The largest absolute Gasteiger partial charge is 0.393 e. The van der Waals surface area contributed by atoms with Crippen LogP contribution in [0.15, 0.2) is 60.9 Å². The van der Waals surface area contributed by atoms with Crippen molar-refractivity contribution < 1.29 is 19.8 Å². The molecule has 1 aliphatic rings. The molecule has 2 amide bonds. The Labute approximate surface area is 197 Å². The Morgan fingerprint density at radius 1 is 1.21 bits per heavy atom. The number of nitrogens with one attached hydrogen (secondary N) is 2. The molecule has 3 atom stereocenters. The van der Waals surface area contributed by atoms with Crippen LogP contribution in [0.4, 0.5) is 5.69 Å². The molecule has 0 spiro atoms. The third-order valence-electron chi connectivity index (χ3n) is 5.68. The van der Waals surface area contributed by atoms with Gasteiger partial charge in [0.05, 0.1) is 12.5 Å². The Kier molecular flexibility index (Phi) is 7.07. The number of aliphatic hydroxyl groups excluding tert-OH is 2. The molecule has 1 saturated heterocycles. The highest BCUT2D eigenvalue weighted by molar-refractivity contribution is 5.97. The molecular weight excluding hydrogens is 432 g/mol. The summed E-state index contributed by atoms with van der Waals surface area (Å²) in [6.45, 7) is 1.80. The molecule has 1 fully saturated rings. The molecule has 2 aromatic carbocycles. The van der Waals surface area contributed by atoms with Crippen LogP contribution in [0.3, 0.4) is 0 Å². The Morgan fingerprint density at radius 3 is 2.47 bits per heavy atom. The molecule has 1 aromatic heterocycles. The molecule has 2 heterocycles. The first-order chi connectivity index (χ1) is 16.4. The monoisotopic (exact) mass is 458 g/mol. The van der Waals surface area contributed by atoms with E-state index in [1.165, 1.54) is 0 Å². The Balaban J connectivity index is 1.41. The van der Waals surface area contributed by atoms with E-state index in [4.69, 9.17) is 0 Å². The normalized spacial score (nSPS) is 16.8. The van der Waals surface area contributed by atoms with Crippen LogP contribution < -0.4 is 10.6 Å². The molecule has 8 nitrogen and oxygen atoms in total. The van der Waals surface area contributed by atoms with Crippen LogP contribution in [0.5, 0.6) is 0 Å². The Bertz CT molecular complexity index is 1220. The van der Waals surface area contributed by atoms with Crippen molar-refractivity contribution in [2.45, 2.75) is 25.5 Å². The van der Waals surface area contributed by atoms with Gasteiger partial charge in [-0.25, -0.2) is 4.98 Å². The summed E-state index contributed by atoms with van der Waals surface area (Å²) in [4.78, 5) is 27.7. The summed E-state index contributed by atoms with van der Waals surface area (Å²) in [5.41, 5.74) is 3.47. The van der Waals surface area contributed by atoms with Crippen LogP contribution >= 0.6 is 0 Å². The van der Waals surface area contributed by atoms with E-state index in [2.05, 4.69) is 27.5 Å². The molecular formula is C26H26N4O4.